The van der Waals surface area contributed by atoms with Crippen molar-refractivity contribution >= 4 is 16.6 Å². The number of benzene rings is 2. The molecule has 3 aliphatic heterocycles. The highest BCUT2D eigenvalue weighted by Crippen LogP contribution is 2.36. The van der Waals surface area contributed by atoms with Gasteiger partial charge in [-0.3, -0.25) is 4.90 Å². The molecular formula is C29H36F4N4. The lowest BCUT2D eigenvalue weighted by atomic mass is 9.75. The average Bonchev–Trinajstić information content (AvgIpc) is 2.99. The molecule has 2 aromatic carbocycles. The Morgan fingerprint density at radius 3 is 2.43 bits per heavy atom. The van der Waals surface area contributed by atoms with Gasteiger partial charge in [0, 0.05) is 74.0 Å². The summed E-state index contributed by atoms with van der Waals surface area (Å²) < 4.78 is 52.9. The molecule has 0 radical (unpaired) electrons. The summed E-state index contributed by atoms with van der Waals surface area (Å²) in [4.78, 5) is 7.33. The second-order valence-electron chi connectivity index (χ2n) is 11.2. The van der Waals surface area contributed by atoms with E-state index >= 15 is 0 Å². The minimum absolute atomic E-state index is 0.150. The van der Waals surface area contributed by atoms with Gasteiger partial charge in [-0.1, -0.05) is 18.2 Å². The number of hydrogen-bond acceptors (Lipinski definition) is 3. The van der Waals surface area contributed by atoms with Gasteiger partial charge in [-0.25, -0.2) is 17.6 Å². The van der Waals surface area contributed by atoms with Crippen molar-refractivity contribution in [1.82, 2.24) is 15.2 Å². The highest BCUT2D eigenvalue weighted by molar-refractivity contribution is 5.84. The van der Waals surface area contributed by atoms with Crippen molar-refractivity contribution in [1.29, 1.82) is 0 Å². The number of nitrogens with one attached hydrogen (secondary N) is 2. The molecule has 3 aliphatic rings. The molecule has 37 heavy (non-hydrogen) atoms. The van der Waals surface area contributed by atoms with Crippen molar-refractivity contribution in [2.45, 2.75) is 58.0 Å². The van der Waals surface area contributed by atoms with Crippen molar-refractivity contribution in [2.75, 3.05) is 37.6 Å². The first-order chi connectivity index (χ1) is 17.6. The molecule has 1 aromatic heterocycles. The first-order valence-electron chi connectivity index (χ1n) is 13.2. The van der Waals surface area contributed by atoms with E-state index in [9.17, 15) is 17.6 Å². The van der Waals surface area contributed by atoms with Crippen LogP contribution in [-0.4, -0.2) is 54.6 Å². The molecule has 2 saturated heterocycles. The van der Waals surface area contributed by atoms with Gasteiger partial charge in [0.05, 0.1) is 6.54 Å². The zero-order valence-electron chi connectivity index (χ0n) is 21.6. The van der Waals surface area contributed by atoms with Gasteiger partial charge < -0.3 is 15.2 Å². The number of hydrogen-bond donors (Lipinski definition) is 2. The Balaban J connectivity index is 0.000000152. The van der Waals surface area contributed by atoms with Crippen molar-refractivity contribution in [2.24, 2.45) is 5.41 Å². The summed E-state index contributed by atoms with van der Waals surface area (Å²) in [5, 5.41) is 4.56. The van der Waals surface area contributed by atoms with Crippen molar-refractivity contribution in [3.8, 4) is 0 Å². The van der Waals surface area contributed by atoms with Crippen LogP contribution in [0.5, 0.6) is 0 Å². The predicted octanol–water partition coefficient (Wildman–Crippen LogP) is 6.11. The first kappa shape index (κ1) is 26.0. The van der Waals surface area contributed by atoms with E-state index in [2.05, 4.69) is 21.3 Å². The number of rotatable bonds is 3. The fourth-order valence-electron chi connectivity index (χ4n) is 6.04. The SMILES string of the molecule is CC1Cc2c([nH]c3ccccc23)CN1CC(C)(F)F.Fc1cc(F)cc(N2CCCC3(CC2)CNC3)c1. The Bertz CT molecular complexity index is 1210. The van der Waals surface area contributed by atoms with Crippen LogP contribution in [-0.2, 0) is 13.0 Å². The van der Waals surface area contributed by atoms with Crippen molar-refractivity contribution in [3.05, 3.63) is 65.4 Å². The highest BCUT2D eigenvalue weighted by Gasteiger charge is 2.38. The van der Waals surface area contributed by atoms with E-state index in [-0.39, 0.29) is 12.6 Å². The van der Waals surface area contributed by atoms with E-state index in [4.69, 9.17) is 0 Å². The van der Waals surface area contributed by atoms with Crippen LogP contribution in [0.1, 0.15) is 44.4 Å². The maximum atomic E-state index is 13.2. The third-order valence-electron chi connectivity index (χ3n) is 8.13. The second kappa shape index (κ2) is 10.3. The smallest absolute Gasteiger partial charge is 0.257 e. The van der Waals surface area contributed by atoms with E-state index in [0.29, 0.717) is 17.6 Å². The summed E-state index contributed by atoms with van der Waals surface area (Å²) in [5.41, 5.74) is 4.60. The minimum atomic E-state index is -2.64. The molecule has 1 unspecified atom stereocenters. The van der Waals surface area contributed by atoms with E-state index in [0.717, 1.165) is 69.6 Å². The number of alkyl halides is 2. The molecule has 6 rings (SSSR count). The molecule has 1 spiro atoms. The van der Waals surface area contributed by atoms with Gasteiger partial charge in [0.1, 0.15) is 11.6 Å². The van der Waals surface area contributed by atoms with Gasteiger partial charge in [-0.15, -0.1) is 0 Å². The third-order valence-corrected chi connectivity index (χ3v) is 8.13. The van der Waals surface area contributed by atoms with Crippen molar-refractivity contribution < 1.29 is 17.6 Å². The second-order valence-corrected chi connectivity index (χ2v) is 11.2. The summed E-state index contributed by atoms with van der Waals surface area (Å²) in [6.45, 7) is 7.39. The number of nitrogens with zero attached hydrogens (tertiary/aromatic N) is 2. The number of halogens is 4. The molecule has 0 amide bonds. The summed E-state index contributed by atoms with van der Waals surface area (Å²) in [6, 6.07) is 12.1. The van der Waals surface area contributed by atoms with E-state index in [1.54, 1.807) is 0 Å². The summed E-state index contributed by atoms with van der Waals surface area (Å²) >= 11 is 0. The summed E-state index contributed by atoms with van der Waals surface area (Å²) in [7, 11) is 0. The van der Waals surface area contributed by atoms with E-state index in [1.165, 1.54) is 29.5 Å². The van der Waals surface area contributed by atoms with Crippen LogP contribution in [0.25, 0.3) is 10.9 Å². The van der Waals surface area contributed by atoms with Crippen molar-refractivity contribution in [3.63, 3.8) is 0 Å². The molecule has 2 N–H and O–H groups in total. The van der Waals surface area contributed by atoms with Gasteiger partial charge in [-0.2, -0.15) is 0 Å². The number of fused-ring (bicyclic) bond motifs is 3. The van der Waals surface area contributed by atoms with Crippen LogP contribution < -0.4 is 10.2 Å². The standard InChI is InChI=1S/C15H18F2N2.C14H18F2N2/c1-10-7-12-11-5-3-4-6-13(11)18-14(12)8-19(10)9-15(2,16)17;15-11-6-12(16)8-13(7-11)18-4-1-2-14(3-5-18)9-17-10-14/h3-6,10,18H,7-9H2,1-2H3;6-8,17H,1-5,9-10H2. The summed E-state index contributed by atoms with van der Waals surface area (Å²) in [6.07, 6.45) is 4.25. The molecule has 4 nitrogen and oxygen atoms in total. The lowest BCUT2D eigenvalue weighted by Gasteiger charge is -2.42. The third kappa shape index (κ3) is 5.96. The zero-order chi connectivity index (χ0) is 26.2. The maximum absolute atomic E-state index is 13.2. The quantitative estimate of drug-likeness (QED) is 0.412. The topological polar surface area (TPSA) is 34.3 Å². The van der Waals surface area contributed by atoms with E-state index < -0.39 is 17.6 Å². The first-order valence-corrected chi connectivity index (χ1v) is 13.2. The molecule has 1 atom stereocenters. The van der Waals surface area contributed by atoms with Crippen LogP contribution in [0.4, 0.5) is 23.2 Å². The largest absolute Gasteiger partial charge is 0.371 e. The fourth-order valence-corrected chi connectivity index (χ4v) is 6.04. The Morgan fingerprint density at radius 2 is 1.76 bits per heavy atom. The Morgan fingerprint density at radius 1 is 1.03 bits per heavy atom. The van der Waals surface area contributed by atoms with Gasteiger partial charge in [-0.05, 0) is 61.8 Å². The van der Waals surface area contributed by atoms with Gasteiger partial charge >= 0.3 is 0 Å². The number of aromatic amines is 1. The van der Waals surface area contributed by atoms with Crippen LogP contribution in [0, 0.1) is 17.0 Å². The predicted molar refractivity (Wildman–Crippen MR) is 140 cm³/mol. The number of H-pyrrole nitrogens is 1. The molecule has 0 aliphatic carbocycles. The van der Waals surface area contributed by atoms with Gasteiger partial charge in [0.25, 0.3) is 5.92 Å². The number of aromatic nitrogens is 1. The zero-order valence-corrected chi connectivity index (χ0v) is 21.6. The number of para-hydroxylation sites is 1. The maximum Gasteiger partial charge on any atom is 0.257 e. The molecular weight excluding hydrogens is 480 g/mol. The fraction of sp³-hybridized carbons (Fsp3) is 0.517. The van der Waals surface area contributed by atoms with Gasteiger partial charge in [0.2, 0.25) is 0 Å². The number of anilines is 1. The Labute approximate surface area is 216 Å². The molecule has 0 bridgehead atoms. The Hall–Kier alpha value is -2.58. The lowest BCUT2D eigenvalue weighted by Crippen LogP contribution is -2.53. The molecule has 200 valence electrons. The van der Waals surface area contributed by atoms with Gasteiger partial charge in [0.15, 0.2) is 0 Å². The monoisotopic (exact) mass is 516 g/mol. The average molecular weight is 517 g/mol. The normalized spacial score (nSPS) is 21.7. The van der Waals surface area contributed by atoms with Crippen LogP contribution in [0.3, 0.4) is 0 Å². The molecule has 8 heteroatoms. The molecule has 0 saturated carbocycles. The van der Waals surface area contributed by atoms with Crippen LogP contribution >= 0.6 is 0 Å². The molecule has 4 heterocycles. The van der Waals surface area contributed by atoms with Crippen LogP contribution in [0.15, 0.2) is 42.5 Å². The Kier molecular flexibility index (Phi) is 7.24. The molecule has 2 fully saturated rings. The highest BCUT2D eigenvalue weighted by atomic mass is 19.3. The minimum Gasteiger partial charge on any atom is -0.371 e. The summed E-state index contributed by atoms with van der Waals surface area (Å²) in [5.74, 6) is -3.62. The molecule has 3 aromatic rings. The lowest BCUT2D eigenvalue weighted by molar-refractivity contribution is -0.0293. The van der Waals surface area contributed by atoms with E-state index in [1.807, 2.05) is 30.0 Å². The van der Waals surface area contributed by atoms with Crippen LogP contribution in [0.2, 0.25) is 0 Å².